The molecule has 2 atom stereocenters. The molecule has 1 fully saturated rings. The van der Waals surface area contributed by atoms with E-state index in [4.69, 9.17) is 5.26 Å². The Bertz CT molecular complexity index is 485. The normalized spacial score (nSPS) is 21.8. The Morgan fingerprint density at radius 3 is 2.80 bits per heavy atom. The van der Waals surface area contributed by atoms with Crippen LogP contribution in [0.25, 0.3) is 6.08 Å². The fraction of sp³-hybridized carbons (Fsp3) is 0.471. The molecular formula is C17H22N2O. The van der Waals surface area contributed by atoms with Crippen molar-refractivity contribution in [1.82, 2.24) is 4.90 Å². The van der Waals surface area contributed by atoms with Gasteiger partial charge in [-0.1, -0.05) is 30.7 Å². The summed E-state index contributed by atoms with van der Waals surface area (Å²) in [7, 11) is 0. The Kier molecular flexibility index (Phi) is 5.34. The Morgan fingerprint density at radius 2 is 2.15 bits per heavy atom. The van der Waals surface area contributed by atoms with Gasteiger partial charge in [-0.2, -0.15) is 5.26 Å². The number of aliphatic hydroxyl groups excluding tert-OH is 1. The predicted molar refractivity (Wildman–Crippen MR) is 81.1 cm³/mol. The van der Waals surface area contributed by atoms with Crippen LogP contribution in [0.4, 0.5) is 0 Å². The molecule has 106 valence electrons. The molecule has 2 rings (SSSR count). The molecule has 0 aliphatic carbocycles. The second-order valence-electron chi connectivity index (χ2n) is 5.43. The van der Waals surface area contributed by atoms with Crippen LogP contribution in [0, 0.1) is 11.3 Å². The zero-order valence-electron chi connectivity index (χ0n) is 12.0. The van der Waals surface area contributed by atoms with E-state index in [0.29, 0.717) is 5.56 Å². The highest BCUT2D eigenvalue weighted by molar-refractivity contribution is 5.51. The number of hydrogen-bond acceptors (Lipinski definition) is 3. The minimum atomic E-state index is -0.265. The van der Waals surface area contributed by atoms with Gasteiger partial charge >= 0.3 is 0 Å². The highest BCUT2D eigenvalue weighted by Crippen LogP contribution is 2.19. The maximum absolute atomic E-state index is 9.83. The van der Waals surface area contributed by atoms with E-state index < -0.39 is 0 Å². The van der Waals surface area contributed by atoms with Crippen LogP contribution in [-0.4, -0.2) is 35.2 Å². The number of aliphatic hydroxyl groups is 1. The first-order chi connectivity index (χ1) is 9.70. The van der Waals surface area contributed by atoms with Gasteiger partial charge in [-0.15, -0.1) is 0 Å². The standard InChI is InChI=1S/C17H22N2O/c1-14(20)17-6-2-3-11-19(17)12-4-5-15-7-9-16(13-18)10-8-15/h4-5,7-10,14,17,20H,2-3,6,11-12H2,1H3/b5-4+. The third-order valence-corrected chi connectivity index (χ3v) is 3.91. The maximum Gasteiger partial charge on any atom is 0.0991 e. The molecule has 0 amide bonds. The quantitative estimate of drug-likeness (QED) is 0.915. The van der Waals surface area contributed by atoms with Crippen molar-refractivity contribution in [2.24, 2.45) is 0 Å². The van der Waals surface area contributed by atoms with E-state index in [1.165, 1.54) is 12.8 Å². The number of piperidine rings is 1. The Balaban J connectivity index is 1.92. The van der Waals surface area contributed by atoms with E-state index in [1.54, 1.807) is 0 Å². The summed E-state index contributed by atoms with van der Waals surface area (Å²) in [6.07, 6.45) is 7.47. The molecule has 1 aliphatic heterocycles. The average molecular weight is 270 g/mol. The zero-order chi connectivity index (χ0) is 14.4. The molecule has 1 aromatic rings. The van der Waals surface area contributed by atoms with E-state index in [9.17, 15) is 5.11 Å². The molecule has 3 heteroatoms. The summed E-state index contributed by atoms with van der Waals surface area (Å²) in [5.41, 5.74) is 1.79. The predicted octanol–water partition coefficient (Wildman–Crippen LogP) is 2.81. The van der Waals surface area contributed by atoms with Gasteiger partial charge in [-0.25, -0.2) is 0 Å². The highest BCUT2D eigenvalue weighted by Gasteiger charge is 2.24. The number of likely N-dealkylation sites (tertiary alicyclic amines) is 1. The van der Waals surface area contributed by atoms with E-state index in [1.807, 2.05) is 31.2 Å². The van der Waals surface area contributed by atoms with Gasteiger partial charge in [0.1, 0.15) is 0 Å². The van der Waals surface area contributed by atoms with Crippen LogP contribution in [0.3, 0.4) is 0 Å². The fourth-order valence-electron chi connectivity index (χ4n) is 2.78. The monoisotopic (exact) mass is 270 g/mol. The molecule has 1 N–H and O–H groups in total. The highest BCUT2D eigenvalue weighted by atomic mass is 16.3. The Morgan fingerprint density at radius 1 is 1.40 bits per heavy atom. The van der Waals surface area contributed by atoms with Crippen LogP contribution >= 0.6 is 0 Å². The summed E-state index contributed by atoms with van der Waals surface area (Å²) in [6, 6.07) is 9.98. The largest absolute Gasteiger partial charge is 0.392 e. The molecule has 0 saturated carbocycles. The minimum Gasteiger partial charge on any atom is -0.392 e. The van der Waals surface area contributed by atoms with Crippen molar-refractivity contribution >= 4 is 6.08 Å². The van der Waals surface area contributed by atoms with Crippen molar-refractivity contribution in [3.05, 3.63) is 41.5 Å². The van der Waals surface area contributed by atoms with Crippen LogP contribution in [0.1, 0.15) is 37.3 Å². The van der Waals surface area contributed by atoms with Crippen molar-refractivity contribution in [1.29, 1.82) is 5.26 Å². The summed E-state index contributed by atoms with van der Waals surface area (Å²) >= 11 is 0. The molecule has 1 aromatic carbocycles. The summed E-state index contributed by atoms with van der Waals surface area (Å²) in [4.78, 5) is 2.36. The molecule has 0 bridgehead atoms. The molecule has 2 unspecified atom stereocenters. The second kappa shape index (κ2) is 7.23. The van der Waals surface area contributed by atoms with Crippen molar-refractivity contribution in [2.45, 2.75) is 38.3 Å². The van der Waals surface area contributed by atoms with Crippen molar-refractivity contribution < 1.29 is 5.11 Å². The molecule has 0 spiro atoms. The molecule has 1 aliphatic rings. The Labute approximate surface area is 121 Å². The van der Waals surface area contributed by atoms with Gasteiger partial charge in [-0.05, 0) is 44.0 Å². The fourth-order valence-corrected chi connectivity index (χ4v) is 2.78. The number of hydrogen-bond donors (Lipinski definition) is 1. The van der Waals surface area contributed by atoms with Gasteiger partial charge in [0.15, 0.2) is 0 Å². The van der Waals surface area contributed by atoms with E-state index in [0.717, 1.165) is 25.1 Å². The molecule has 0 aromatic heterocycles. The molecule has 0 radical (unpaired) electrons. The van der Waals surface area contributed by atoms with Gasteiger partial charge in [0.25, 0.3) is 0 Å². The lowest BCUT2D eigenvalue weighted by atomic mass is 9.98. The number of rotatable bonds is 4. The van der Waals surface area contributed by atoms with Crippen molar-refractivity contribution in [2.75, 3.05) is 13.1 Å². The first kappa shape index (κ1) is 14.8. The van der Waals surface area contributed by atoms with Gasteiger partial charge in [0.2, 0.25) is 0 Å². The number of nitriles is 1. The molecular weight excluding hydrogens is 248 g/mol. The van der Waals surface area contributed by atoms with Crippen LogP contribution in [0.15, 0.2) is 30.3 Å². The van der Waals surface area contributed by atoms with Crippen molar-refractivity contribution in [3.8, 4) is 6.07 Å². The maximum atomic E-state index is 9.83. The van der Waals surface area contributed by atoms with Crippen LogP contribution in [-0.2, 0) is 0 Å². The van der Waals surface area contributed by atoms with Gasteiger partial charge in [0.05, 0.1) is 17.7 Å². The molecule has 3 nitrogen and oxygen atoms in total. The van der Waals surface area contributed by atoms with E-state index in [-0.39, 0.29) is 12.1 Å². The molecule has 1 saturated heterocycles. The lowest BCUT2D eigenvalue weighted by Crippen LogP contribution is -2.45. The number of benzene rings is 1. The minimum absolute atomic E-state index is 0.265. The summed E-state index contributed by atoms with van der Waals surface area (Å²) in [6.45, 7) is 3.82. The molecule has 20 heavy (non-hydrogen) atoms. The van der Waals surface area contributed by atoms with Gasteiger partial charge in [-0.3, -0.25) is 4.90 Å². The third-order valence-electron chi connectivity index (χ3n) is 3.91. The smallest absolute Gasteiger partial charge is 0.0991 e. The second-order valence-corrected chi connectivity index (χ2v) is 5.43. The first-order valence-electron chi connectivity index (χ1n) is 7.29. The third kappa shape index (κ3) is 3.93. The van der Waals surface area contributed by atoms with E-state index in [2.05, 4.69) is 23.1 Å². The first-order valence-corrected chi connectivity index (χ1v) is 7.29. The van der Waals surface area contributed by atoms with Gasteiger partial charge in [0, 0.05) is 12.6 Å². The van der Waals surface area contributed by atoms with Crippen LogP contribution < -0.4 is 0 Å². The lowest BCUT2D eigenvalue weighted by Gasteiger charge is -2.36. The number of nitrogens with zero attached hydrogens (tertiary/aromatic N) is 2. The van der Waals surface area contributed by atoms with Crippen LogP contribution in [0.2, 0.25) is 0 Å². The lowest BCUT2D eigenvalue weighted by molar-refractivity contribution is 0.0439. The average Bonchev–Trinajstić information content (AvgIpc) is 2.48. The van der Waals surface area contributed by atoms with E-state index >= 15 is 0 Å². The molecule has 1 heterocycles. The summed E-state index contributed by atoms with van der Waals surface area (Å²) < 4.78 is 0. The summed E-state index contributed by atoms with van der Waals surface area (Å²) in [5.74, 6) is 0. The Hall–Kier alpha value is -1.63. The van der Waals surface area contributed by atoms with Gasteiger partial charge < -0.3 is 5.11 Å². The summed E-state index contributed by atoms with van der Waals surface area (Å²) in [5, 5.41) is 18.6. The van der Waals surface area contributed by atoms with Crippen molar-refractivity contribution in [3.63, 3.8) is 0 Å². The van der Waals surface area contributed by atoms with Crippen LogP contribution in [0.5, 0.6) is 0 Å². The SMILES string of the molecule is CC(O)C1CCCCN1C/C=C/c1ccc(C#N)cc1. The topological polar surface area (TPSA) is 47.3 Å². The zero-order valence-corrected chi connectivity index (χ0v) is 12.0.